The summed E-state index contributed by atoms with van der Waals surface area (Å²) in [4.78, 5) is 21.2. The Hall–Kier alpha value is -3.94. The summed E-state index contributed by atoms with van der Waals surface area (Å²) >= 11 is 0. The number of carbonyl (C=O) groups is 1. The number of carbonyl (C=O) groups excluding carboxylic acids is 1. The largest absolute Gasteiger partial charge is 0.348 e. The Morgan fingerprint density at radius 3 is 2.48 bits per heavy atom. The van der Waals surface area contributed by atoms with E-state index < -0.39 is 11.7 Å². The molecular weight excluding hydrogens is 400 g/mol. The van der Waals surface area contributed by atoms with Gasteiger partial charge in [-0.05, 0) is 48.9 Å². The van der Waals surface area contributed by atoms with Gasteiger partial charge >= 0.3 is 0 Å². The maximum atomic E-state index is 13.8. The van der Waals surface area contributed by atoms with Crippen molar-refractivity contribution >= 4 is 5.91 Å². The second-order valence-electron chi connectivity index (χ2n) is 7.09. The molecule has 0 aliphatic heterocycles. The minimum absolute atomic E-state index is 0.158. The van der Waals surface area contributed by atoms with Crippen molar-refractivity contribution in [1.29, 1.82) is 0 Å². The molecule has 2 aromatic heterocycles. The maximum Gasteiger partial charge on any atom is 0.252 e. The Morgan fingerprint density at radius 2 is 1.74 bits per heavy atom. The van der Waals surface area contributed by atoms with E-state index >= 15 is 0 Å². The van der Waals surface area contributed by atoms with Gasteiger partial charge in [-0.2, -0.15) is 5.10 Å². The molecule has 0 aliphatic carbocycles. The van der Waals surface area contributed by atoms with Crippen molar-refractivity contribution in [2.24, 2.45) is 0 Å². The highest BCUT2D eigenvalue weighted by Crippen LogP contribution is 2.22. The van der Waals surface area contributed by atoms with Crippen molar-refractivity contribution in [2.45, 2.75) is 19.5 Å². The predicted molar refractivity (Wildman–Crippen MR) is 112 cm³/mol. The van der Waals surface area contributed by atoms with Gasteiger partial charge in [-0.15, -0.1) is 0 Å². The van der Waals surface area contributed by atoms with Gasteiger partial charge in [0.25, 0.3) is 5.91 Å². The van der Waals surface area contributed by atoms with Gasteiger partial charge < -0.3 is 5.32 Å². The van der Waals surface area contributed by atoms with E-state index in [4.69, 9.17) is 0 Å². The molecule has 156 valence electrons. The number of rotatable bonds is 6. The van der Waals surface area contributed by atoms with E-state index in [-0.39, 0.29) is 17.4 Å². The van der Waals surface area contributed by atoms with Crippen LogP contribution >= 0.6 is 0 Å². The van der Waals surface area contributed by atoms with E-state index in [0.29, 0.717) is 17.9 Å². The van der Waals surface area contributed by atoms with Crippen molar-refractivity contribution in [3.63, 3.8) is 0 Å². The molecular formula is C23H19F2N5O. The van der Waals surface area contributed by atoms with Crippen molar-refractivity contribution in [3.05, 3.63) is 90.5 Å². The second kappa shape index (κ2) is 8.83. The molecule has 1 N–H and O–H groups in total. The highest BCUT2D eigenvalue weighted by atomic mass is 19.1. The van der Waals surface area contributed by atoms with Crippen molar-refractivity contribution in [2.75, 3.05) is 0 Å². The zero-order chi connectivity index (χ0) is 21.8. The minimum atomic E-state index is -0.520. The smallest absolute Gasteiger partial charge is 0.252 e. The highest BCUT2D eigenvalue weighted by Gasteiger charge is 2.18. The SMILES string of the molecule is C[C@@H](Cn1cc(-c2ccc(F)cc2)cn1)NC(=O)c1cc(F)ccc1-c1ncccn1. The Balaban J connectivity index is 1.47. The van der Waals surface area contributed by atoms with E-state index in [9.17, 15) is 13.6 Å². The van der Waals surface area contributed by atoms with Gasteiger partial charge in [-0.3, -0.25) is 9.48 Å². The monoisotopic (exact) mass is 419 g/mol. The van der Waals surface area contributed by atoms with Crippen LogP contribution in [0.15, 0.2) is 73.3 Å². The summed E-state index contributed by atoms with van der Waals surface area (Å²) in [5, 5.41) is 7.17. The Morgan fingerprint density at radius 1 is 1.03 bits per heavy atom. The molecule has 0 saturated carbocycles. The Labute approximate surface area is 177 Å². The lowest BCUT2D eigenvalue weighted by Gasteiger charge is -2.15. The predicted octanol–water partition coefficient (Wildman–Crippen LogP) is 4.10. The van der Waals surface area contributed by atoms with Gasteiger partial charge in [0.15, 0.2) is 5.82 Å². The number of nitrogens with one attached hydrogen (secondary N) is 1. The van der Waals surface area contributed by atoms with E-state index in [1.807, 2.05) is 13.1 Å². The summed E-state index contributed by atoms with van der Waals surface area (Å²) in [6, 6.07) is 11.5. The van der Waals surface area contributed by atoms with Crippen LogP contribution in [0.4, 0.5) is 8.78 Å². The lowest BCUT2D eigenvalue weighted by Crippen LogP contribution is -2.36. The van der Waals surface area contributed by atoms with Crippen LogP contribution in [0.1, 0.15) is 17.3 Å². The first-order valence-electron chi connectivity index (χ1n) is 9.66. The summed E-state index contributed by atoms with van der Waals surface area (Å²) in [6.07, 6.45) is 6.62. The molecule has 1 amide bonds. The molecule has 6 nitrogen and oxygen atoms in total. The van der Waals surface area contributed by atoms with Crippen LogP contribution in [0.5, 0.6) is 0 Å². The molecule has 0 spiro atoms. The van der Waals surface area contributed by atoms with Crippen LogP contribution in [0.3, 0.4) is 0 Å². The van der Waals surface area contributed by atoms with Crippen LogP contribution in [0, 0.1) is 11.6 Å². The summed E-state index contributed by atoms with van der Waals surface area (Å²) < 4.78 is 28.6. The zero-order valence-corrected chi connectivity index (χ0v) is 16.7. The van der Waals surface area contributed by atoms with Gasteiger partial charge in [-0.1, -0.05) is 12.1 Å². The lowest BCUT2D eigenvalue weighted by atomic mass is 10.1. The van der Waals surface area contributed by atoms with Gasteiger partial charge in [0.2, 0.25) is 0 Å². The Kier molecular flexibility index (Phi) is 5.79. The molecule has 2 aromatic carbocycles. The third-order valence-corrected chi connectivity index (χ3v) is 4.68. The summed E-state index contributed by atoms with van der Waals surface area (Å²) in [5.74, 6) is -0.907. The van der Waals surface area contributed by atoms with Gasteiger partial charge in [0.05, 0.1) is 18.3 Å². The molecule has 8 heteroatoms. The molecule has 0 radical (unpaired) electrons. The fourth-order valence-electron chi connectivity index (χ4n) is 3.22. The average molecular weight is 419 g/mol. The average Bonchev–Trinajstić information content (AvgIpc) is 3.23. The molecule has 0 aliphatic rings. The molecule has 0 bridgehead atoms. The minimum Gasteiger partial charge on any atom is -0.348 e. The van der Waals surface area contributed by atoms with Crippen LogP contribution in [0.25, 0.3) is 22.5 Å². The quantitative estimate of drug-likeness (QED) is 0.511. The number of amides is 1. The standard InChI is InChI=1S/C23H19F2N5O/c1-15(13-30-14-17(12-28-30)16-3-5-18(24)6-4-16)29-23(31)21-11-19(25)7-8-20(21)22-26-9-2-10-27-22/h2-12,14-15H,13H2,1H3,(H,29,31)/t15-/m0/s1. The first kappa shape index (κ1) is 20.3. The molecule has 0 saturated heterocycles. The molecule has 31 heavy (non-hydrogen) atoms. The van der Waals surface area contributed by atoms with Gasteiger partial charge in [0, 0.05) is 35.8 Å². The van der Waals surface area contributed by atoms with Crippen molar-refractivity contribution < 1.29 is 13.6 Å². The van der Waals surface area contributed by atoms with Crippen LogP contribution in [0.2, 0.25) is 0 Å². The summed E-state index contributed by atoms with van der Waals surface area (Å²) in [6.45, 7) is 2.23. The Bertz CT molecular complexity index is 1190. The van der Waals surface area contributed by atoms with E-state index in [1.165, 1.54) is 30.3 Å². The number of halogens is 2. The van der Waals surface area contributed by atoms with E-state index in [0.717, 1.165) is 11.1 Å². The van der Waals surface area contributed by atoms with Crippen molar-refractivity contribution in [3.8, 4) is 22.5 Å². The van der Waals surface area contributed by atoms with E-state index in [2.05, 4.69) is 20.4 Å². The number of nitrogens with zero attached hydrogens (tertiary/aromatic N) is 4. The van der Waals surface area contributed by atoms with Crippen LogP contribution in [-0.2, 0) is 6.54 Å². The topological polar surface area (TPSA) is 72.7 Å². The maximum absolute atomic E-state index is 13.8. The van der Waals surface area contributed by atoms with Crippen LogP contribution in [-0.4, -0.2) is 31.7 Å². The molecule has 0 fully saturated rings. The number of hydrogen-bond acceptors (Lipinski definition) is 4. The fraction of sp³-hybridized carbons (Fsp3) is 0.130. The molecule has 1 atom stereocenters. The van der Waals surface area contributed by atoms with Crippen LogP contribution < -0.4 is 5.32 Å². The summed E-state index contributed by atoms with van der Waals surface area (Å²) in [7, 11) is 0. The highest BCUT2D eigenvalue weighted by molar-refractivity contribution is 6.00. The molecule has 4 rings (SSSR count). The number of aromatic nitrogens is 4. The van der Waals surface area contributed by atoms with Gasteiger partial charge in [-0.25, -0.2) is 18.7 Å². The van der Waals surface area contributed by atoms with E-state index in [1.54, 1.807) is 41.5 Å². The third-order valence-electron chi connectivity index (χ3n) is 4.68. The van der Waals surface area contributed by atoms with Gasteiger partial charge in [0.1, 0.15) is 11.6 Å². The lowest BCUT2D eigenvalue weighted by molar-refractivity contribution is 0.0936. The first-order valence-corrected chi connectivity index (χ1v) is 9.66. The third kappa shape index (κ3) is 4.80. The second-order valence-corrected chi connectivity index (χ2v) is 7.09. The molecule has 2 heterocycles. The summed E-state index contributed by atoms with van der Waals surface area (Å²) in [5.41, 5.74) is 2.29. The van der Waals surface area contributed by atoms with Crippen molar-refractivity contribution in [1.82, 2.24) is 25.1 Å². The normalized spacial score (nSPS) is 11.8. The number of hydrogen-bond donors (Lipinski definition) is 1. The molecule has 0 unspecified atom stereocenters. The molecule has 4 aromatic rings. The number of benzene rings is 2. The fourth-order valence-corrected chi connectivity index (χ4v) is 3.22. The zero-order valence-electron chi connectivity index (χ0n) is 16.7. The first-order chi connectivity index (χ1) is 15.0.